The summed E-state index contributed by atoms with van der Waals surface area (Å²) in [6, 6.07) is 2.55. The van der Waals surface area contributed by atoms with Crippen molar-refractivity contribution in [3.63, 3.8) is 0 Å². The minimum Gasteiger partial charge on any atom is -0.616 e. The van der Waals surface area contributed by atoms with Gasteiger partial charge in [-0.2, -0.15) is 0 Å². The largest absolute Gasteiger partial charge is 1.00 e. The van der Waals surface area contributed by atoms with Gasteiger partial charge in [-0.3, -0.25) is 10.1 Å². The van der Waals surface area contributed by atoms with Crippen molar-refractivity contribution in [3.05, 3.63) is 33.9 Å². The van der Waals surface area contributed by atoms with E-state index in [-0.39, 0.29) is 48.5 Å². The summed E-state index contributed by atoms with van der Waals surface area (Å²) in [6.45, 7) is 0. The molecule has 0 spiro atoms. The van der Waals surface area contributed by atoms with Crippen LogP contribution in [0.25, 0.3) is 6.08 Å². The van der Waals surface area contributed by atoms with E-state index < -0.39 is 10.9 Å². The first-order chi connectivity index (χ1) is 7.58. The molecule has 0 atom stereocenters. The summed E-state index contributed by atoms with van der Waals surface area (Å²) in [6.07, 6.45) is 0.931. The summed E-state index contributed by atoms with van der Waals surface area (Å²) in [4.78, 5) is 13.8. The second-order valence-corrected chi connectivity index (χ2v) is 2.68. The fraction of sp³-hybridized carbons (Fsp3) is 0.222. The molecule has 7 nitrogen and oxygen atoms in total. The molecule has 18 heavy (non-hydrogen) atoms. The van der Waals surface area contributed by atoms with Crippen LogP contribution in [-0.4, -0.2) is 24.1 Å². The third-order valence-electron chi connectivity index (χ3n) is 1.74. The zero-order valence-corrected chi connectivity index (χ0v) is 10.9. The van der Waals surface area contributed by atoms with Crippen LogP contribution in [0.1, 0.15) is 5.69 Å². The maximum absolute atomic E-state index is 11.0. The van der Waals surface area contributed by atoms with Crippen LogP contribution in [0.4, 0.5) is 5.69 Å². The summed E-state index contributed by atoms with van der Waals surface area (Å²) >= 11 is 0. The zero-order chi connectivity index (χ0) is 12.1. The van der Waals surface area contributed by atoms with E-state index in [4.69, 9.17) is 4.74 Å². The Morgan fingerprint density at radius 2 is 2.06 bits per heavy atom. The number of hydrogen-bond donors (Lipinski definition) is 0. The van der Waals surface area contributed by atoms with Crippen molar-refractivity contribution < 1.29 is 38.4 Å². The maximum atomic E-state index is 11.0. The molecule has 0 saturated heterocycles. The number of halogens is 1. The van der Waals surface area contributed by atoms with Gasteiger partial charge in [0.05, 0.1) is 18.0 Å². The van der Waals surface area contributed by atoms with Crippen LogP contribution >= 0.6 is 12.4 Å². The van der Waals surface area contributed by atoms with Crippen LogP contribution in [-0.2, 0) is 4.74 Å². The second-order valence-electron chi connectivity index (χ2n) is 2.68. The minimum absolute atomic E-state index is 0. The molecule has 9 heteroatoms. The van der Waals surface area contributed by atoms with Gasteiger partial charge in [0.15, 0.2) is 0 Å². The SMILES string of the molecule is CO/C([O-])=C/c1nc(OC)ccc1[N+](=O)[O-].Cl.[Li+]. The molecule has 0 radical (unpaired) electrons. The number of nitro groups is 1. The number of methoxy groups -OCH3 is 2. The van der Waals surface area contributed by atoms with Crippen molar-refractivity contribution in [1.82, 2.24) is 4.98 Å². The summed E-state index contributed by atoms with van der Waals surface area (Å²) in [7, 11) is 2.54. The quantitative estimate of drug-likeness (QED) is 0.264. The first kappa shape index (κ1) is 18.9. The molecule has 1 heterocycles. The smallest absolute Gasteiger partial charge is 0.616 e. The van der Waals surface area contributed by atoms with E-state index >= 15 is 0 Å². The molecule has 0 bridgehead atoms. The molecule has 1 aromatic rings. The molecule has 0 aliphatic rings. The fourth-order valence-corrected chi connectivity index (χ4v) is 0.994. The number of ether oxygens (including phenoxy) is 2. The third-order valence-corrected chi connectivity index (χ3v) is 1.74. The zero-order valence-electron chi connectivity index (χ0n) is 10.1. The van der Waals surface area contributed by atoms with Crippen LogP contribution in [0.3, 0.4) is 0 Å². The van der Waals surface area contributed by atoms with Crippen molar-refractivity contribution >= 4 is 24.2 Å². The van der Waals surface area contributed by atoms with Crippen LogP contribution in [0.2, 0.25) is 0 Å². The van der Waals surface area contributed by atoms with Gasteiger partial charge in [-0.1, -0.05) is 0 Å². The van der Waals surface area contributed by atoms with E-state index in [0.29, 0.717) is 0 Å². The Morgan fingerprint density at radius 1 is 1.44 bits per heavy atom. The number of pyridine rings is 1. The molecule has 0 fully saturated rings. The van der Waals surface area contributed by atoms with E-state index in [9.17, 15) is 15.2 Å². The van der Waals surface area contributed by atoms with E-state index in [1.54, 1.807) is 0 Å². The molecular weight excluding hydrogens is 259 g/mol. The van der Waals surface area contributed by atoms with E-state index in [1.165, 1.54) is 26.4 Å². The predicted octanol–water partition coefficient (Wildman–Crippen LogP) is -2.27. The standard InChI is InChI=1S/C9H10N2O5.ClH.Li/c1-15-8-4-3-7(11(13)14)6(10-8)5-9(12)16-2;;/h3-5,12H,1-2H3;1H;/q;;+1/p-1/b9-5+;;. The molecule has 0 amide bonds. The fourth-order valence-electron chi connectivity index (χ4n) is 0.994. The van der Waals surface area contributed by atoms with Gasteiger partial charge in [0.1, 0.15) is 5.69 Å². The molecule has 0 N–H and O–H groups in total. The molecule has 94 valence electrons. The van der Waals surface area contributed by atoms with Gasteiger partial charge in [0.2, 0.25) is 5.88 Å². The normalized spacial score (nSPS) is 9.78. The van der Waals surface area contributed by atoms with Crippen molar-refractivity contribution in [2.75, 3.05) is 14.2 Å². The number of hydrogen-bond acceptors (Lipinski definition) is 6. The molecule has 0 aromatic carbocycles. The summed E-state index contributed by atoms with van der Waals surface area (Å²) in [5.41, 5.74) is -0.387. The molecule has 0 saturated carbocycles. The van der Waals surface area contributed by atoms with Crippen molar-refractivity contribution in [2.24, 2.45) is 0 Å². The van der Waals surface area contributed by atoms with Gasteiger partial charge < -0.3 is 14.6 Å². The third kappa shape index (κ3) is 4.83. The minimum atomic E-state index is -0.719. The maximum Gasteiger partial charge on any atom is 1.00 e. The second kappa shape index (κ2) is 8.64. The Bertz CT molecular complexity index is 441. The molecular formula is C9H10ClLiN2O5. The molecule has 0 aliphatic heterocycles. The monoisotopic (exact) mass is 268 g/mol. The van der Waals surface area contributed by atoms with Crippen molar-refractivity contribution in [1.29, 1.82) is 0 Å². The Balaban J connectivity index is 0. The Labute approximate surface area is 122 Å². The summed E-state index contributed by atoms with van der Waals surface area (Å²) < 4.78 is 9.16. The van der Waals surface area contributed by atoms with Crippen LogP contribution in [0.5, 0.6) is 5.88 Å². The molecule has 1 aromatic heterocycles. The molecule has 0 unspecified atom stereocenters. The first-order valence-electron chi connectivity index (χ1n) is 4.20. The Kier molecular flexibility index (Phi) is 9.08. The molecule has 0 aliphatic carbocycles. The first-order valence-corrected chi connectivity index (χ1v) is 4.20. The van der Waals surface area contributed by atoms with E-state index in [1.807, 2.05) is 0 Å². The van der Waals surface area contributed by atoms with Crippen LogP contribution < -0.4 is 28.7 Å². The Hall–Kier alpha value is -1.42. The van der Waals surface area contributed by atoms with Gasteiger partial charge in [-0.25, -0.2) is 4.98 Å². The van der Waals surface area contributed by atoms with E-state index in [0.717, 1.165) is 6.08 Å². The molecule has 1 rings (SSSR count). The van der Waals surface area contributed by atoms with Gasteiger partial charge in [-0.05, 0) is 13.2 Å². The topological polar surface area (TPSA) is 97.5 Å². The summed E-state index contributed by atoms with van der Waals surface area (Å²) in [5.74, 6) is -0.537. The van der Waals surface area contributed by atoms with Crippen LogP contribution in [0, 0.1) is 10.1 Å². The average Bonchev–Trinajstić information content (AvgIpc) is 2.28. The predicted molar refractivity (Wildman–Crippen MR) is 59.7 cm³/mol. The van der Waals surface area contributed by atoms with Gasteiger partial charge in [0.25, 0.3) is 5.69 Å². The van der Waals surface area contributed by atoms with Gasteiger partial charge in [-0.15, -0.1) is 12.4 Å². The Morgan fingerprint density at radius 3 is 2.50 bits per heavy atom. The van der Waals surface area contributed by atoms with Gasteiger partial charge in [0, 0.05) is 12.1 Å². The summed E-state index contributed by atoms with van der Waals surface area (Å²) in [5, 5.41) is 21.6. The number of rotatable bonds is 4. The van der Waals surface area contributed by atoms with Crippen LogP contribution in [0.15, 0.2) is 18.1 Å². The average molecular weight is 269 g/mol. The van der Waals surface area contributed by atoms with Crippen molar-refractivity contribution in [3.8, 4) is 5.88 Å². The number of aromatic nitrogens is 1. The number of nitrogens with zero attached hydrogens (tertiary/aromatic N) is 2. The van der Waals surface area contributed by atoms with Crippen molar-refractivity contribution in [2.45, 2.75) is 0 Å². The van der Waals surface area contributed by atoms with Gasteiger partial charge >= 0.3 is 18.9 Å². The van der Waals surface area contributed by atoms with E-state index in [2.05, 4.69) is 9.72 Å².